The van der Waals surface area contributed by atoms with Gasteiger partial charge in [0.1, 0.15) is 0 Å². The van der Waals surface area contributed by atoms with Gasteiger partial charge in [0.05, 0.1) is 39.4 Å². The first-order chi connectivity index (χ1) is 12.9. The second kappa shape index (κ2) is 6.60. The Hall–Kier alpha value is -3.62. The average molecular weight is 376 g/mol. The molecule has 1 heterocycles. The zero-order valence-electron chi connectivity index (χ0n) is 14.9. The van der Waals surface area contributed by atoms with Gasteiger partial charge in [-0.15, -0.1) is 0 Å². The van der Waals surface area contributed by atoms with Crippen LogP contribution in [0.25, 0.3) is 21.7 Å². The molecule has 3 rings (SSSR count). The van der Waals surface area contributed by atoms with Crippen molar-refractivity contribution in [1.29, 1.82) is 0 Å². The minimum absolute atomic E-state index is 0.0399. The highest BCUT2D eigenvalue weighted by atomic mass is 16.5. The van der Waals surface area contributed by atoms with E-state index in [0.29, 0.717) is 0 Å². The van der Waals surface area contributed by atoms with Crippen LogP contribution < -0.4 is 19.8 Å². The summed E-state index contributed by atoms with van der Waals surface area (Å²) in [6.45, 7) is 0. The third kappa shape index (κ3) is 2.55. The molecule has 0 aliphatic heterocycles. The number of aromatic hydroxyl groups is 2. The maximum absolute atomic E-state index is 12.5. The van der Waals surface area contributed by atoms with Crippen molar-refractivity contribution in [2.24, 2.45) is 0 Å². The Labute approximate surface area is 152 Å². The predicted octanol–water partition coefficient (Wildman–Crippen LogP) is 2.17. The Kier molecular flexibility index (Phi) is 4.44. The number of rotatable bonds is 4. The van der Waals surface area contributed by atoms with Crippen LogP contribution in [0.2, 0.25) is 0 Å². The normalized spacial score (nSPS) is 10.8. The van der Waals surface area contributed by atoms with E-state index in [1.165, 1.54) is 34.5 Å². The summed E-state index contributed by atoms with van der Waals surface area (Å²) >= 11 is 0. The molecule has 0 spiro atoms. The fraction of sp³-hybridized carbons (Fsp3) is 0.222. The highest BCUT2D eigenvalue weighted by Gasteiger charge is 2.27. The van der Waals surface area contributed by atoms with Gasteiger partial charge in [0.2, 0.25) is 11.5 Å². The van der Waals surface area contributed by atoms with E-state index in [9.17, 15) is 19.8 Å². The van der Waals surface area contributed by atoms with Crippen LogP contribution in [-0.2, 0) is 4.74 Å². The minimum Gasteiger partial charge on any atom is -0.504 e. The lowest BCUT2D eigenvalue weighted by atomic mass is 10.00. The van der Waals surface area contributed by atoms with Crippen molar-refractivity contribution < 1.29 is 38.4 Å². The molecule has 2 N–H and O–H groups in total. The summed E-state index contributed by atoms with van der Waals surface area (Å²) in [6.07, 6.45) is 0. The van der Waals surface area contributed by atoms with E-state index in [0.717, 1.165) is 6.07 Å². The third-order valence-electron chi connectivity index (χ3n) is 4.13. The van der Waals surface area contributed by atoms with Crippen molar-refractivity contribution in [2.75, 3.05) is 28.4 Å². The van der Waals surface area contributed by atoms with Gasteiger partial charge in [0.25, 0.3) is 0 Å². The Bertz CT molecular complexity index is 1130. The number of phenolic OH excluding ortho intramolecular Hbond substituents is 2. The van der Waals surface area contributed by atoms with Crippen LogP contribution >= 0.6 is 0 Å². The molecule has 0 aliphatic rings. The lowest BCUT2D eigenvalue weighted by Gasteiger charge is -2.16. The van der Waals surface area contributed by atoms with E-state index < -0.39 is 23.1 Å². The molecule has 0 atom stereocenters. The number of esters is 1. The van der Waals surface area contributed by atoms with Gasteiger partial charge in [-0.25, -0.2) is 9.59 Å². The first-order valence-corrected chi connectivity index (χ1v) is 7.62. The topological polar surface area (TPSA) is 125 Å². The van der Waals surface area contributed by atoms with Crippen LogP contribution in [0, 0.1) is 0 Å². The zero-order valence-corrected chi connectivity index (χ0v) is 14.9. The summed E-state index contributed by atoms with van der Waals surface area (Å²) in [5.41, 5.74) is -1.03. The summed E-state index contributed by atoms with van der Waals surface area (Å²) in [5, 5.41) is 20.5. The number of carbonyl (C=O) groups is 1. The summed E-state index contributed by atoms with van der Waals surface area (Å²) in [4.78, 5) is 24.8. The SMILES string of the molecule is COC(=O)c1cc(OC)c(OC)c2oc(=O)c3cc(O)c(OC)c(O)c3c12. The molecule has 0 aliphatic carbocycles. The largest absolute Gasteiger partial charge is 0.504 e. The standard InChI is InChI=1S/C18H16O9/c1-23-10-6-8(17(21)26-4)12-11-7(5-9(19)14(24-2)13(11)20)18(22)27-16(12)15(10)25-3/h5-6,19-20H,1-4H3. The molecular weight excluding hydrogens is 360 g/mol. The average Bonchev–Trinajstić information content (AvgIpc) is 2.66. The molecule has 9 heteroatoms. The van der Waals surface area contributed by atoms with Gasteiger partial charge in [-0.1, -0.05) is 0 Å². The van der Waals surface area contributed by atoms with E-state index in [2.05, 4.69) is 0 Å². The Morgan fingerprint density at radius 3 is 2.19 bits per heavy atom. The van der Waals surface area contributed by atoms with Crippen LogP contribution in [0.15, 0.2) is 21.3 Å². The van der Waals surface area contributed by atoms with E-state index in [4.69, 9.17) is 23.4 Å². The van der Waals surface area contributed by atoms with E-state index in [-0.39, 0.29) is 44.6 Å². The first-order valence-electron chi connectivity index (χ1n) is 7.62. The molecule has 27 heavy (non-hydrogen) atoms. The molecule has 9 nitrogen and oxygen atoms in total. The van der Waals surface area contributed by atoms with E-state index in [1.54, 1.807) is 0 Å². The maximum atomic E-state index is 12.5. The third-order valence-corrected chi connectivity index (χ3v) is 4.13. The predicted molar refractivity (Wildman–Crippen MR) is 94.3 cm³/mol. The number of ether oxygens (including phenoxy) is 4. The lowest BCUT2D eigenvalue weighted by Crippen LogP contribution is -2.08. The molecule has 0 radical (unpaired) electrons. The molecule has 0 bridgehead atoms. The molecule has 142 valence electrons. The molecule has 0 saturated carbocycles. The second-order valence-corrected chi connectivity index (χ2v) is 5.44. The molecule has 0 amide bonds. The van der Waals surface area contributed by atoms with Crippen LogP contribution in [0.3, 0.4) is 0 Å². The van der Waals surface area contributed by atoms with E-state index in [1.807, 2.05) is 0 Å². The van der Waals surface area contributed by atoms with Gasteiger partial charge in [-0.05, 0) is 12.1 Å². The molecule has 1 aromatic heterocycles. The number of phenols is 2. The summed E-state index contributed by atoms with van der Waals surface area (Å²) in [6, 6.07) is 2.42. The Balaban J connectivity index is 2.72. The quantitative estimate of drug-likeness (QED) is 0.400. The van der Waals surface area contributed by atoms with Crippen LogP contribution in [0.4, 0.5) is 0 Å². The highest BCUT2D eigenvalue weighted by molar-refractivity contribution is 6.19. The fourth-order valence-electron chi connectivity index (χ4n) is 2.98. The molecule has 3 aromatic rings. The van der Waals surface area contributed by atoms with Crippen LogP contribution in [0.5, 0.6) is 28.7 Å². The monoisotopic (exact) mass is 376 g/mol. The molecular formula is C18H16O9. The zero-order chi connectivity index (χ0) is 19.9. The number of methoxy groups -OCH3 is 4. The molecule has 0 unspecified atom stereocenters. The van der Waals surface area contributed by atoms with Gasteiger partial charge in [0, 0.05) is 10.8 Å². The molecule has 0 fully saturated rings. The second-order valence-electron chi connectivity index (χ2n) is 5.44. The van der Waals surface area contributed by atoms with Crippen LogP contribution in [0.1, 0.15) is 10.4 Å². The number of hydrogen-bond donors (Lipinski definition) is 2. The highest BCUT2D eigenvalue weighted by Crippen LogP contribution is 2.47. The van der Waals surface area contributed by atoms with Gasteiger partial charge in [-0.2, -0.15) is 0 Å². The lowest BCUT2D eigenvalue weighted by molar-refractivity contribution is 0.0602. The fourth-order valence-corrected chi connectivity index (χ4v) is 2.98. The van der Waals surface area contributed by atoms with E-state index >= 15 is 0 Å². The van der Waals surface area contributed by atoms with Crippen molar-refractivity contribution in [3.05, 3.63) is 28.1 Å². The van der Waals surface area contributed by atoms with Crippen molar-refractivity contribution >= 4 is 27.7 Å². The Morgan fingerprint density at radius 1 is 0.963 bits per heavy atom. The van der Waals surface area contributed by atoms with Crippen LogP contribution in [-0.4, -0.2) is 44.6 Å². The number of carbonyl (C=O) groups excluding carboxylic acids is 1. The van der Waals surface area contributed by atoms with Crippen molar-refractivity contribution in [3.63, 3.8) is 0 Å². The maximum Gasteiger partial charge on any atom is 0.344 e. The molecule has 2 aromatic carbocycles. The first kappa shape index (κ1) is 18.2. The number of fused-ring (bicyclic) bond motifs is 3. The van der Waals surface area contributed by atoms with Gasteiger partial charge in [-0.3, -0.25) is 0 Å². The van der Waals surface area contributed by atoms with Crippen molar-refractivity contribution in [1.82, 2.24) is 0 Å². The van der Waals surface area contributed by atoms with Crippen molar-refractivity contribution in [2.45, 2.75) is 0 Å². The molecule has 0 saturated heterocycles. The summed E-state index contributed by atoms with van der Waals surface area (Å²) < 4.78 is 25.6. The number of hydrogen-bond acceptors (Lipinski definition) is 9. The van der Waals surface area contributed by atoms with Gasteiger partial charge < -0.3 is 33.6 Å². The minimum atomic E-state index is -0.867. The number of benzene rings is 2. The van der Waals surface area contributed by atoms with Gasteiger partial charge in [0.15, 0.2) is 22.8 Å². The summed E-state index contributed by atoms with van der Waals surface area (Å²) in [5.74, 6) is -1.86. The smallest absolute Gasteiger partial charge is 0.344 e. The Morgan fingerprint density at radius 2 is 1.63 bits per heavy atom. The summed E-state index contributed by atoms with van der Waals surface area (Å²) in [7, 11) is 5.09. The van der Waals surface area contributed by atoms with Gasteiger partial charge >= 0.3 is 11.6 Å². The van der Waals surface area contributed by atoms with Crippen molar-refractivity contribution in [3.8, 4) is 28.7 Å².